The van der Waals surface area contributed by atoms with Gasteiger partial charge in [-0.15, -0.1) is 6.42 Å². The highest BCUT2D eigenvalue weighted by molar-refractivity contribution is 6.03. The first-order chi connectivity index (χ1) is 20.3. The second kappa shape index (κ2) is 11.2. The standard InChI is InChI=1S/C32H34FN5O4/c1-4-22-24(33)8-7-20-15-21(40)16-23(27(20)22)25-17-26-28(30(35-25)42-19(2)3)29(34-11-14-39)37-31(36-26)41-18-32-9-5-12-38(32)13-6-10-32/h1,7-8,15-17,19,39-40H,5-6,9-14,18H2,2-3H3,(H,34,36,37). The summed E-state index contributed by atoms with van der Waals surface area (Å²) in [5, 5.41) is 24.8. The third-order valence-electron chi connectivity index (χ3n) is 8.13. The number of rotatable bonds is 9. The number of aromatic hydroxyl groups is 1. The Morgan fingerprint density at radius 1 is 1.12 bits per heavy atom. The summed E-state index contributed by atoms with van der Waals surface area (Å²) in [4.78, 5) is 16.8. The van der Waals surface area contributed by atoms with Crippen molar-refractivity contribution in [3.63, 3.8) is 0 Å². The van der Waals surface area contributed by atoms with Crippen molar-refractivity contribution in [2.75, 3.05) is 38.2 Å². The molecule has 10 heteroatoms. The molecule has 3 N–H and O–H groups in total. The molecule has 0 radical (unpaired) electrons. The Hall–Kier alpha value is -4.20. The van der Waals surface area contributed by atoms with E-state index in [9.17, 15) is 14.6 Å². The molecule has 0 unspecified atom stereocenters. The second-order valence-corrected chi connectivity index (χ2v) is 11.2. The third kappa shape index (κ3) is 5.03. The van der Waals surface area contributed by atoms with Crippen LogP contribution in [0, 0.1) is 18.2 Å². The quantitative estimate of drug-likeness (QED) is 0.242. The number of pyridine rings is 1. The Labute approximate surface area is 243 Å². The number of ether oxygens (including phenoxy) is 2. The van der Waals surface area contributed by atoms with Gasteiger partial charge >= 0.3 is 6.01 Å². The van der Waals surface area contributed by atoms with Crippen LogP contribution in [0.4, 0.5) is 10.2 Å². The number of phenolic OH excluding ortho intramolecular Hbond substituents is 1. The molecule has 2 aliphatic rings. The van der Waals surface area contributed by atoms with Crippen molar-refractivity contribution in [3.05, 3.63) is 41.7 Å². The molecule has 218 valence electrons. The monoisotopic (exact) mass is 571 g/mol. The molecule has 42 heavy (non-hydrogen) atoms. The third-order valence-corrected chi connectivity index (χ3v) is 8.13. The van der Waals surface area contributed by atoms with Crippen molar-refractivity contribution in [2.45, 2.75) is 51.2 Å². The van der Waals surface area contributed by atoms with E-state index >= 15 is 0 Å². The lowest BCUT2D eigenvalue weighted by molar-refractivity contribution is 0.108. The van der Waals surface area contributed by atoms with E-state index in [1.165, 1.54) is 18.2 Å². The lowest BCUT2D eigenvalue weighted by Crippen LogP contribution is -2.43. The van der Waals surface area contributed by atoms with Crippen molar-refractivity contribution < 1.29 is 24.1 Å². The van der Waals surface area contributed by atoms with Crippen molar-refractivity contribution in [1.82, 2.24) is 19.9 Å². The fourth-order valence-electron chi connectivity index (χ4n) is 6.34. The predicted molar refractivity (Wildman–Crippen MR) is 159 cm³/mol. The van der Waals surface area contributed by atoms with Gasteiger partial charge in [0.05, 0.1) is 35.0 Å². The van der Waals surface area contributed by atoms with Gasteiger partial charge in [-0.1, -0.05) is 12.0 Å². The van der Waals surface area contributed by atoms with E-state index in [0.29, 0.717) is 45.4 Å². The van der Waals surface area contributed by atoms with Crippen LogP contribution < -0.4 is 14.8 Å². The summed E-state index contributed by atoms with van der Waals surface area (Å²) in [7, 11) is 0. The van der Waals surface area contributed by atoms with Crippen LogP contribution in [0.25, 0.3) is 32.9 Å². The molecule has 2 aromatic heterocycles. The summed E-state index contributed by atoms with van der Waals surface area (Å²) >= 11 is 0. The molecule has 0 spiro atoms. The molecule has 4 aromatic rings. The zero-order valence-corrected chi connectivity index (χ0v) is 23.8. The molecule has 0 aliphatic carbocycles. The van der Waals surface area contributed by atoms with Gasteiger partial charge in [0.1, 0.15) is 29.4 Å². The Bertz CT molecular complexity index is 1690. The van der Waals surface area contributed by atoms with E-state index in [0.717, 1.165) is 38.8 Å². The number of nitrogens with zero attached hydrogens (tertiary/aromatic N) is 4. The molecule has 4 heterocycles. The predicted octanol–water partition coefficient (Wildman–Crippen LogP) is 4.87. The largest absolute Gasteiger partial charge is 0.508 e. The van der Waals surface area contributed by atoms with E-state index in [1.54, 1.807) is 12.1 Å². The smallest absolute Gasteiger partial charge is 0.319 e. The Kier molecular flexibility index (Phi) is 7.47. The van der Waals surface area contributed by atoms with Crippen molar-refractivity contribution in [2.24, 2.45) is 0 Å². The number of aromatic nitrogens is 3. The van der Waals surface area contributed by atoms with Crippen LogP contribution in [-0.4, -0.2) is 74.6 Å². The lowest BCUT2D eigenvalue weighted by atomic mass is 9.95. The number of benzene rings is 2. The molecule has 9 nitrogen and oxygen atoms in total. The molecular formula is C32H34FN5O4. The first-order valence-corrected chi connectivity index (χ1v) is 14.4. The highest BCUT2D eigenvalue weighted by atomic mass is 19.1. The van der Waals surface area contributed by atoms with E-state index in [4.69, 9.17) is 25.9 Å². The maximum absolute atomic E-state index is 14.8. The number of phenols is 1. The van der Waals surface area contributed by atoms with Crippen LogP contribution in [0.5, 0.6) is 17.6 Å². The summed E-state index contributed by atoms with van der Waals surface area (Å²) in [5.41, 5.74) is 1.37. The van der Waals surface area contributed by atoms with E-state index in [2.05, 4.69) is 21.1 Å². The highest BCUT2D eigenvalue weighted by Gasteiger charge is 2.45. The normalized spacial score (nSPS) is 16.2. The second-order valence-electron chi connectivity index (χ2n) is 11.2. The summed E-state index contributed by atoms with van der Waals surface area (Å²) in [5.74, 6) is 2.56. The SMILES string of the molecule is C#Cc1c(F)ccc2cc(O)cc(-c3cc4nc(OCC56CCCN5CCC6)nc(NCCO)c4c(OC(C)C)n3)c12. The van der Waals surface area contributed by atoms with Gasteiger partial charge in [0.2, 0.25) is 5.88 Å². The lowest BCUT2D eigenvalue weighted by Gasteiger charge is -2.31. The fraction of sp³-hybridized carbons (Fsp3) is 0.406. The number of hydrogen-bond donors (Lipinski definition) is 3. The van der Waals surface area contributed by atoms with Gasteiger partial charge in [-0.2, -0.15) is 9.97 Å². The number of hydrogen-bond acceptors (Lipinski definition) is 9. The van der Waals surface area contributed by atoms with Crippen LogP contribution in [-0.2, 0) is 0 Å². The zero-order chi connectivity index (χ0) is 29.4. The number of aliphatic hydroxyl groups excluding tert-OH is 1. The van der Waals surface area contributed by atoms with Gasteiger partial charge in [0.15, 0.2) is 0 Å². The number of anilines is 1. The van der Waals surface area contributed by atoms with E-state index in [1.807, 2.05) is 13.8 Å². The summed E-state index contributed by atoms with van der Waals surface area (Å²) in [6.45, 7) is 6.53. The Balaban J connectivity index is 1.53. The highest BCUT2D eigenvalue weighted by Crippen LogP contribution is 2.41. The molecular weight excluding hydrogens is 537 g/mol. The van der Waals surface area contributed by atoms with Gasteiger partial charge < -0.3 is 25.0 Å². The average molecular weight is 572 g/mol. The molecule has 2 aromatic carbocycles. The summed E-state index contributed by atoms with van der Waals surface area (Å²) in [6.07, 6.45) is 9.94. The van der Waals surface area contributed by atoms with Gasteiger partial charge in [0, 0.05) is 17.5 Å². The zero-order valence-electron chi connectivity index (χ0n) is 23.8. The Morgan fingerprint density at radius 3 is 2.62 bits per heavy atom. The van der Waals surface area contributed by atoms with Crippen LogP contribution in [0.1, 0.15) is 45.1 Å². The molecule has 6 rings (SSSR count). The van der Waals surface area contributed by atoms with Crippen molar-refractivity contribution >= 4 is 27.5 Å². The molecule has 2 fully saturated rings. The number of aliphatic hydroxyl groups is 1. The van der Waals surface area contributed by atoms with Crippen LogP contribution in [0.3, 0.4) is 0 Å². The topological polar surface area (TPSA) is 113 Å². The first kappa shape index (κ1) is 27.9. The number of fused-ring (bicyclic) bond motifs is 3. The van der Waals surface area contributed by atoms with E-state index < -0.39 is 5.82 Å². The van der Waals surface area contributed by atoms with Gasteiger partial charge in [-0.05, 0) is 82.3 Å². The maximum atomic E-state index is 14.8. The minimum absolute atomic E-state index is 0.00248. The Morgan fingerprint density at radius 2 is 1.90 bits per heavy atom. The van der Waals surface area contributed by atoms with Crippen molar-refractivity contribution in [1.29, 1.82) is 0 Å². The van der Waals surface area contributed by atoms with Crippen molar-refractivity contribution in [3.8, 4) is 41.2 Å². The molecule has 2 saturated heterocycles. The van der Waals surface area contributed by atoms with Gasteiger partial charge in [0.25, 0.3) is 0 Å². The summed E-state index contributed by atoms with van der Waals surface area (Å²) < 4.78 is 27.3. The molecule has 0 bridgehead atoms. The van der Waals surface area contributed by atoms with Crippen LogP contribution in [0.15, 0.2) is 30.3 Å². The summed E-state index contributed by atoms with van der Waals surface area (Å²) in [6, 6.07) is 7.82. The molecule has 2 aliphatic heterocycles. The molecule has 0 saturated carbocycles. The van der Waals surface area contributed by atoms with Crippen LogP contribution >= 0.6 is 0 Å². The average Bonchev–Trinajstić information content (AvgIpc) is 3.54. The van der Waals surface area contributed by atoms with Crippen LogP contribution in [0.2, 0.25) is 0 Å². The minimum atomic E-state index is -0.544. The van der Waals surface area contributed by atoms with Gasteiger partial charge in [-0.25, -0.2) is 9.37 Å². The fourth-order valence-corrected chi connectivity index (χ4v) is 6.34. The first-order valence-electron chi connectivity index (χ1n) is 14.4. The number of terminal acetylenes is 1. The maximum Gasteiger partial charge on any atom is 0.319 e. The molecule has 0 atom stereocenters. The number of halogens is 1. The minimum Gasteiger partial charge on any atom is -0.508 e. The molecule has 0 amide bonds. The van der Waals surface area contributed by atoms with E-state index in [-0.39, 0.29) is 48.0 Å². The number of nitrogens with one attached hydrogen (secondary N) is 1. The van der Waals surface area contributed by atoms with Gasteiger partial charge in [-0.3, -0.25) is 4.90 Å².